The molecule has 0 saturated carbocycles. The van der Waals surface area contributed by atoms with Crippen LogP contribution in [0.25, 0.3) is 0 Å². The lowest BCUT2D eigenvalue weighted by atomic mass is 10.1. The predicted octanol–water partition coefficient (Wildman–Crippen LogP) is 3.66. The Morgan fingerprint density at radius 2 is 2.14 bits per heavy atom. The van der Waals surface area contributed by atoms with Crippen molar-refractivity contribution in [2.24, 2.45) is 0 Å². The molecule has 21 heavy (non-hydrogen) atoms. The van der Waals surface area contributed by atoms with Gasteiger partial charge in [-0.1, -0.05) is 12.1 Å². The first-order valence-corrected chi connectivity index (χ1v) is 6.95. The Bertz CT molecular complexity index is 659. The monoisotopic (exact) mass is 281 g/mol. The SMILES string of the molecule is Cc1ccc(NCc2cccnc2OC(C)C)c(C#N)c1. The number of rotatable bonds is 5. The van der Waals surface area contributed by atoms with Crippen molar-refractivity contribution in [3.8, 4) is 11.9 Å². The molecule has 4 heteroatoms. The number of hydrogen-bond donors (Lipinski definition) is 1. The largest absolute Gasteiger partial charge is 0.475 e. The van der Waals surface area contributed by atoms with Crippen LogP contribution in [0.4, 0.5) is 5.69 Å². The quantitative estimate of drug-likeness (QED) is 0.908. The van der Waals surface area contributed by atoms with Gasteiger partial charge in [0.25, 0.3) is 0 Å². The second-order valence-electron chi connectivity index (χ2n) is 5.15. The molecule has 0 aliphatic carbocycles. The van der Waals surface area contributed by atoms with Crippen molar-refractivity contribution >= 4 is 5.69 Å². The molecule has 0 aliphatic rings. The van der Waals surface area contributed by atoms with Crippen molar-refractivity contribution < 1.29 is 4.74 Å². The molecule has 0 radical (unpaired) electrons. The van der Waals surface area contributed by atoms with Crippen molar-refractivity contribution in [1.29, 1.82) is 5.26 Å². The fourth-order valence-electron chi connectivity index (χ4n) is 1.98. The Balaban J connectivity index is 2.15. The maximum atomic E-state index is 9.19. The van der Waals surface area contributed by atoms with Gasteiger partial charge in [-0.3, -0.25) is 0 Å². The number of anilines is 1. The van der Waals surface area contributed by atoms with Crippen molar-refractivity contribution in [1.82, 2.24) is 4.98 Å². The van der Waals surface area contributed by atoms with E-state index in [2.05, 4.69) is 16.4 Å². The minimum atomic E-state index is 0.0766. The van der Waals surface area contributed by atoms with Gasteiger partial charge < -0.3 is 10.1 Å². The second-order valence-corrected chi connectivity index (χ2v) is 5.15. The number of aryl methyl sites for hydroxylation is 1. The van der Waals surface area contributed by atoms with Crippen LogP contribution in [0.2, 0.25) is 0 Å². The Labute approximate surface area is 125 Å². The molecule has 2 rings (SSSR count). The molecular weight excluding hydrogens is 262 g/mol. The van der Waals surface area contributed by atoms with Crippen LogP contribution < -0.4 is 10.1 Å². The molecule has 1 N–H and O–H groups in total. The van der Waals surface area contributed by atoms with Gasteiger partial charge in [-0.15, -0.1) is 0 Å². The number of nitriles is 1. The maximum Gasteiger partial charge on any atom is 0.218 e. The van der Waals surface area contributed by atoms with Gasteiger partial charge >= 0.3 is 0 Å². The van der Waals surface area contributed by atoms with Gasteiger partial charge in [-0.05, 0) is 44.5 Å². The summed E-state index contributed by atoms with van der Waals surface area (Å²) in [6.45, 7) is 6.48. The molecule has 0 atom stereocenters. The van der Waals surface area contributed by atoms with Crippen LogP contribution in [-0.4, -0.2) is 11.1 Å². The third kappa shape index (κ3) is 3.96. The van der Waals surface area contributed by atoms with E-state index in [4.69, 9.17) is 4.74 Å². The number of nitrogens with zero attached hydrogens (tertiary/aromatic N) is 2. The summed E-state index contributed by atoms with van der Waals surface area (Å²) in [4.78, 5) is 4.26. The lowest BCUT2D eigenvalue weighted by Gasteiger charge is -2.14. The Morgan fingerprint density at radius 3 is 2.86 bits per heavy atom. The molecule has 2 aromatic rings. The molecule has 1 aromatic heterocycles. The van der Waals surface area contributed by atoms with E-state index in [1.807, 2.05) is 51.1 Å². The van der Waals surface area contributed by atoms with Crippen LogP contribution in [0, 0.1) is 18.3 Å². The second kappa shape index (κ2) is 6.76. The minimum Gasteiger partial charge on any atom is -0.475 e. The highest BCUT2D eigenvalue weighted by Gasteiger charge is 2.08. The molecule has 108 valence electrons. The third-order valence-corrected chi connectivity index (χ3v) is 2.96. The van der Waals surface area contributed by atoms with Gasteiger partial charge in [0.1, 0.15) is 6.07 Å². The van der Waals surface area contributed by atoms with Crippen LogP contribution in [0.1, 0.15) is 30.5 Å². The fourth-order valence-corrected chi connectivity index (χ4v) is 1.98. The highest BCUT2D eigenvalue weighted by molar-refractivity contribution is 5.58. The highest BCUT2D eigenvalue weighted by atomic mass is 16.5. The van der Waals surface area contributed by atoms with Crippen molar-refractivity contribution in [2.75, 3.05) is 5.32 Å². The normalized spacial score (nSPS) is 10.2. The zero-order valence-electron chi connectivity index (χ0n) is 12.6. The Kier molecular flexibility index (Phi) is 4.78. The lowest BCUT2D eigenvalue weighted by molar-refractivity contribution is 0.230. The van der Waals surface area contributed by atoms with Gasteiger partial charge in [-0.2, -0.15) is 5.26 Å². The smallest absolute Gasteiger partial charge is 0.218 e. The molecule has 0 saturated heterocycles. The number of pyridine rings is 1. The van der Waals surface area contributed by atoms with Gasteiger partial charge in [0, 0.05) is 18.3 Å². The van der Waals surface area contributed by atoms with E-state index in [1.54, 1.807) is 6.20 Å². The summed E-state index contributed by atoms with van der Waals surface area (Å²) in [5, 5.41) is 12.5. The summed E-state index contributed by atoms with van der Waals surface area (Å²) in [5.74, 6) is 0.630. The zero-order valence-corrected chi connectivity index (χ0v) is 12.6. The number of benzene rings is 1. The number of ether oxygens (including phenoxy) is 1. The fraction of sp³-hybridized carbons (Fsp3) is 0.294. The van der Waals surface area contributed by atoms with Gasteiger partial charge in [0.2, 0.25) is 5.88 Å². The van der Waals surface area contributed by atoms with E-state index < -0.39 is 0 Å². The van der Waals surface area contributed by atoms with Crippen LogP contribution in [0.15, 0.2) is 36.5 Å². The first-order chi connectivity index (χ1) is 10.1. The topological polar surface area (TPSA) is 57.9 Å². The standard InChI is InChI=1S/C17H19N3O/c1-12(2)21-17-14(5-4-8-19-17)11-20-16-7-6-13(3)9-15(16)10-18/h4-9,12,20H,11H2,1-3H3. The van der Waals surface area contributed by atoms with Gasteiger partial charge in [-0.25, -0.2) is 4.98 Å². The molecule has 1 aromatic carbocycles. The van der Waals surface area contributed by atoms with Crippen molar-refractivity contribution in [3.05, 3.63) is 53.2 Å². The lowest BCUT2D eigenvalue weighted by Crippen LogP contribution is -2.11. The Hall–Kier alpha value is -2.54. The van der Waals surface area contributed by atoms with E-state index in [1.165, 1.54) is 0 Å². The summed E-state index contributed by atoms with van der Waals surface area (Å²) >= 11 is 0. The van der Waals surface area contributed by atoms with E-state index >= 15 is 0 Å². The van der Waals surface area contributed by atoms with E-state index in [9.17, 15) is 5.26 Å². The highest BCUT2D eigenvalue weighted by Crippen LogP contribution is 2.20. The molecule has 0 unspecified atom stereocenters. The summed E-state index contributed by atoms with van der Waals surface area (Å²) in [6.07, 6.45) is 1.79. The number of nitrogens with one attached hydrogen (secondary N) is 1. The first-order valence-electron chi connectivity index (χ1n) is 6.95. The first kappa shape index (κ1) is 14.9. The molecule has 0 amide bonds. The van der Waals surface area contributed by atoms with Crippen LogP contribution in [0.3, 0.4) is 0 Å². The average Bonchev–Trinajstić information content (AvgIpc) is 2.46. The minimum absolute atomic E-state index is 0.0766. The third-order valence-electron chi connectivity index (χ3n) is 2.96. The zero-order chi connectivity index (χ0) is 15.2. The van der Waals surface area contributed by atoms with Crippen LogP contribution >= 0.6 is 0 Å². The Morgan fingerprint density at radius 1 is 1.33 bits per heavy atom. The van der Waals surface area contributed by atoms with Crippen LogP contribution in [-0.2, 0) is 6.54 Å². The molecule has 1 heterocycles. The van der Waals surface area contributed by atoms with Crippen molar-refractivity contribution in [2.45, 2.75) is 33.4 Å². The summed E-state index contributed by atoms with van der Waals surface area (Å²) in [5.41, 5.74) is 3.51. The molecule has 0 spiro atoms. The van der Waals surface area contributed by atoms with Crippen LogP contribution in [0.5, 0.6) is 5.88 Å². The summed E-state index contributed by atoms with van der Waals surface area (Å²) in [7, 11) is 0. The molecule has 0 fully saturated rings. The predicted molar refractivity (Wildman–Crippen MR) is 83.2 cm³/mol. The number of hydrogen-bond acceptors (Lipinski definition) is 4. The van der Waals surface area contributed by atoms with Gasteiger partial charge in [0.05, 0.1) is 17.4 Å². The molecular formula is C17H19N3O. The number of aromatic nitrogens is 1. The average molecular weight is 281 g/mol. The van der Waals surface area contributed by atoms with Crippen molar-refractivity contribution in [3.63, 3.8) is 0 Å². The summed E-state index contributed by atoms with van der Waals surface area (Å²) < 4.78 is 5.69. The van der Waals surface area contributed by atoms with Gasteiger partial charge in [0.15, 0.2) is 0 Å². The summed E-state index contributed by atoms with van der Waals surface area (Å²) in [6, 6.07) is 11.8. The molecule has 0 bridgehead atoms. The van der Waals surface area contributed by atoms with E-state index in [-0.39, 0.29) is 6.10 Å². The van der Waals surface area contributed by atoms with E-state index in [0.717, 1.165) is 16.8 Å². The maximum absolute atomic E-state index is 9.19. The molecule has 0 aliphatic heterocycles. The van der Waals surface area contributed by atoms with E-state index in [0.29, 0.717) is 18.0 Å². The molecule has 4 nitrogen and oxygen atoms in total.